The van der Waals surface area contributed by atoms with Crippen LogP contribution in [0.1, 0.15) is 16.9 Å². The number of hydrogen-bond acceptors (Lipinski definition) is 3. The molecule has 0 unspecified atom stereocenters. The van der Waals surface area contributed by atoms with Crippen LogP contribution in [0.3, 0.4) is 0 Å². The van der Waals surface area contributed by atoms with Crippen molar-refractivity contribution in [2.24, 2.45) is 0 Å². The molecule has 1 aromatic carbocycles. The van der Waals surface area contributed by atoms with Crippen LogP contribution >= 0.6 is 11.6 Å². The maximum absolute atomic E-state index is 12.5. The molecular formula is C15H16ClN3O3S. The van der Waals surface area contributed by atoms with E-state index >= 15 is 0 Å². The van der Waals surface area contributed by atoms with Gasteiger partial charge in [0.2, 0.25) is 0 Å². The first-order valence-electron chi connectivity index (χ1n) is 7.11. The summed E-state index contributed by atoms with van der Waals surface area (Å²) in [5.74, 6) is -0.171. The van der Waals surface area contributed by atoms with Crippen LogP contribution in [0.5, 0.6) is 0 Å². The van der Waals surface area contributed by atoms with Crippen LogP contribution in [0.15, 0.2) is 41.4 Å². The number of carbonyl (C=O) groups is 1. The van der Waals surface area contributed by atoms with Crippen LogP contribution in [0.2, 0.25) is 5.02 Å². The predicted molar refractivity (Wildman–Crippen MR) is 88.3 cm³/mol. The van der Waals surface area contributed by atoms with Crippen LogP contribution in [-0.4, -0.2) is 37.4 Å². The zero-order chi connectivity index (χ0) is 16.6. The van der Waals surface area contributed by atoms with Gasteiger partial charge in [-0.1, -0.05) is 11.6 Å². The predicted octanol–water partition coefficient (Wildman–Crippen LogP) is 2.42. The molecule has 0 bridgehead atoms. The van der Waals surface area contributed by atoms with E-state index in [0.29, 0.717) is 29.5 Å². The highest BCUT2D eigenvalue weighted by molar-refractivity contribution is 7.92. The van der Waals surface area contributed by atoms with Crippen LogP contribution in [0.25, 0.3) is 0 Å². The largest absolute Gasteiger partial charge is 0.342 e. The Morgan fingerprint density at radius 1 is 1.17 bits per heavy atom. The quantitative estimate of drug-likeness (QED) is 0.921. The molecule has 6 nitrogen and oxygen atoms in total. The summed E-state index contributed by atoms with van der Waals surface area (Å²) < 4.78 is 29.2. The first-order chi connectivity index (χ1) is 10.9. The summed E-state index contributed by atoms with van der Waals surface area (Å²) in [7, 11) is -2.04. The van der Waals surface area contributed by atoms with Gasteiger partial charge in [0.25, 0.3) is 15.9 Å². The van der Waals surface area contributed by atoms with Crippen molar-refractivity contribution in [1.82, 2.24) is 9.47 Å². The molecule has 0 saturated carbocycles. The highest BCUT2D eigenvalue weighted by atomic mass is 35.5. The third kappa shape index (κ3) is 3.20. The van der Waals surface area contributed by atoms with Crippen molar-refractivity contribution in [2.75, 3.05) is 18.3 Å². The number of fused-ring (bicyclic) bond motifs is 1. The van der Waals surface area contributed by atoms with Crippen molar-refractivity contribution < 1.29 is 13.2 Å². The van der Waals surface area contributed by atoms with Gasteiger partial charge in [-0.25, -0.2) is 8.42 Å². The molecule has 1 aliphatic heterocycles. The second-order valence-corrected chi connectivity index (χ2v) is 7.57. The number of anilines is 1. The average molecular weight is 354 g/mol. The molecule has 122 valence electrons. The lowest BCUT2D eigenvalue weighted by molar-refractivity contribution is 0.0796. The zero-order valence-electron chi connectivity index (χ0n) is 12.5. The molecule has 0 atom stereocenters. The first-order valence-corrected chi connectivity index (χ1v) is 8.97. The van der Waals surface area contributed by atoms with E-state index in [1.165, 1.54) is 12.3 Å². The standard InChI is InChI=1S/C15H16ClN3O3S/c1-18-7-2-8-19-10-13(9-14(19)15(18)20)23(21,22)17-12-5-3-11(16)4-6-12/h3-6,9-10,17H,2,7-8H2,1H3. The fraction of sp³-hybridized carbons (Fsp3) is 0.267. The van der Waals surface area contributed by atoms with E-state index in [0.717, 1.165) is 6.42 Å². The summed E-state index contributed by atoms with van der Waals surface area (Å²) in [6, 6.07) is 7.79. The summed E-state index contributed by atoms with van der Waals surface area (Å²) in [6.07, 6.45) is 2.29. The number of amides is 1. The Morgan fingerprint density at radius 2 is 1.87 bits per heavy atom. The molecule has 0 spiro atoms. The number of aryl methyl sites for hydroxylation is 1. The maximum Gasteiger partial charge on any atom is 0.270 e. The van der Waals surface area contributed by atoms with E-state index in [9.17, 15) is 13.2 Å². The Labute approximate surface area is 139 Å². The van der Waals surface area contributed by atoms with E-state index in [2.05, 4.69) is 4.72 Å². The highest BCUT2D eigenvalue weighted by Gasteiger charge is 2.25. The van der Waals surface area contributed by atoms with Gasteiger partial charge in [0.15, 0.2) is 0 Å². The number of aromatic nitrogens is 1. The van der Waals surface area contributed by atoms with Crippen LogP contribution in [0, 0.1) is 0 Å². The first kappa shape index (κ1) is 15.9. The number of sulfonamides is 1. The van der Waals surface area contributed by atoms with Crippen molar-refractivity contribution >= 4 is 33.2 Å². The lowest BCUT2D eigenvalue weighted by Crippen LogP contribution is -2.26. The van der Waals surface area contributed by atoms with E-state index in [-0.39, 0.29) is 10.8 Å². The van der Waals surface area contributed by atoms with Crippen LogP contribution in [-0.2, 0) is 16.6 Å². The Bertz CT molecular complexity index is 843. The third-order valence-electron chi connectivity index (χ3n) is 3.74. The van der Waals surface area contributed by atoms with Gasteiger partial charge < -0.3 is 9.47 Å². The third-order valence-corrected chi connectivity index (χ3v) is 5.34. The van der Waals surface area contributed by atoms with Gasteiger partial charge >= 0.3 is 0 Å². The minimum atomic E-state index is -3.76. The Hall–Kier alpha value is -1.99. The topological polar surface area (TPSA) is 71.4 Å². The second-order valence-electron chi connectivity index (χ2n) is 5.45. The van der Waals surface area contributed by atoms with Gasteiger partial charge in [-0.15, -0.1) is 0 Å². The van der Waals surface area contributed by atoms with E-state index in [1.807, 2.05) is 0 Å². The molecule has 0 radical (unpaired) electrons. The minimum Gasteiger partial charge on any atom is -0.342 e. The number of nitrogens with zero attached hydrogens (tertiary/aromatic N) is 2. The fourth-order valence-electron chi connectivity index (χ4n) is 2.50. The highest BCUT2D eigenvalue weighted by Crippen LogP contribution is 2.22. The van der Waals surface area contributed by atoms with Crippen molar-refractivity contribution in [3.05, 3.63) is 47.2 Å². The molecule has 1 amide bonds. The van der Waals surface area contributed by atoms with Crippen molar-refractivity contribution in [2.45, 2.75) is 17.9 Å². The zero-order valence-corrected chi connectivity index (χ0v) is 14.1. The summed E-state index contributed by atoms with van der Waals surface area (Å²) in [5, 5.41) is 0.525. The SMILES string of the molecule is CN1CCCn2cc(S(=O)(=O)Nc3ccc(Cl)cc3)cc2C1=O. The normalized spacial score (nSPS) is 15.2. The summed E-state index contributed by atoms with van der Waals surface area (Å²) in [5.41, 5.74) is 0.806. The van der Waals surface area contributed by atoms with Gasteiger partial charge in [0.1, 0.15) is 10.6 Å². The molecule has 8 heteroatoms. The lowest BCUT2D eigenvalue weighted by atomic mass is 10.3. The van der Waals surface area contributed by atoms with Gasteiger partial charge in [0.05, 0.1) is 0 Å². The number of rotatable bonds is 3. The molecular weight excluding hydrogens is 338 g/mol. The summed E-state index contributed by atoms with van der Waals surface area (Å²) in [4.78, 5) is 13.9. The Kier molecular flexibility index (Phi) is 4.08. The fourth-order valence-corrected chi connectivity index (χ4v) is 3.72. The van der Waals surface area contributed by atoms with Crippen molar-refractivity contribution in [3.63, 3.8) is 0 Å². The Balaban J connectivity index is 1.92. The molecule has 1 aromatic heterocycles. The average Bonchev–Trinajstić information content (AvgIpc) is 2.88. The number of halogens is 1. The van der Waals surface area contributed by atoms with E-state index in [4.69, 9.17) is 11.6 Å². The summed E-state index contributed by atoms with van der Waals surface area (Å²) >= 11 is 5.79. The molecule has 2 aromatic rings. The van der Waals surface area contributed by atoms with Crippen molar-refractivity contribution in [1.29, 1.82) is 0 Å². The minimum absolute atomic E-state index is 0.0751. The molecule has 0 fully saturated rings. The number of nitrogens with one attached hydrogen (secondary N) is 1. The maximum atomic E-state index is 12.5. The van der Waals surface area contributed by atoms with Gasteiger partial charge in [-0.3, -0.25) is 9.52 Å². The molecule has 0 aliphatic carbocycles. The molecule has 2 heterocycles. The molecule has 23 heavy (non-hydrogen) atoms. The van der Waals surface area contributed by atoms with Gasteiger partial charge in [-0.2, -0.15) is 0 Å². The van der Waals surface area contributed by atoms with Crippen LogP contribution in [0.4, 0.5) is 5.69 Å². The number of hydrogen-bond donors (Lipinski definition) is 1. The van der Waals surface area contributed by atoms with Crippen molar-refractivity contribution in [3.8, 4) is 0 Å². The van der Waals surface area contributed by atoms with Gasteiger partial charge in [0, 0.05) is 37.0 Å². The summed E-state index contributed by atoms with van der Waals surface area (Å²) in [6.45, 7) is 1.27. The smallest absolute Gasteiger partial charge is 0.270 e. The molecule has 1 N–H and O–H groups in total. The molecule has 0 saturated heterocycles. The number of benzene rings is 1. The second kappa shape index (κ2) is 5.90. The van der Waals surface area contributed by atoms with Crippen LogP contribution < -0.4 is 4.72 Å². The monoisotopic (exact) mass is 353 g/mol. The number of carbonyl (C=O) groups excluding carboxylic acids is 1. The van der Waals surface area contributed by atoms with E-state index < -0.39 is 10.0 Å². The molecule has 1 aliphatic rings. The Morgan fingerprint density at radius 3 is 2.57 bits per heavy atom. The lowest BCUT2D eigenvalue weighted by Gasteiger charge is -2.12. The van der Waals surface area contributed by atoms with Gasteiger partial charge in [-0.05, 0) is 36.8 Å². The molecule has 3 rings (SSSR count). The van der Waals surface area contributed by atoms with E-state index in [1.54, 1.807) is 40.8 Å².